The van der Waals surface area contributed by atoms with Gasteiger partial charge < -0.3 is 4.55 Å². The maximum Gasteiger partial charge on any atom is 0.485 e. The van der Waals surface area contributed by atoms with E-state index in [0.29, 0.717) is 0 Å². The molecular formula is C25H20AuF3N3O3PS-. The third-order valence-electron chi connectivity index (χ3n) is 4.56. The molecule has 0 fully saturated rings. The molecule has 1 aromatic heterocycles. The van der Waals surface area contributed by atoms with Gasteiger partial charge in [0.2, 0.25) is 0 Å². The minimum absolute atomic E-state index is 0. The Labute approximate surface area is 229 Å². The molecular weight excluding hydrogens is 707 g/mol. The van der Waals surface area contributed by atoms with Crippen LogP contribution in [0, 0.1) is 0 Å². The average molecular weight is 727 g/mol. The van der Waals surface area contributed by atoms with Gasteiger partial charge in [-0.15, -0.1) is 5.10 Å². The number of alkyl halides is 3. The van der Waals surface area contributed by atoms with Gasteiger partial charge >= 0.3 is 5.51 Å². The number of hydrogen-bond donors (Lipinski definition) is 1. The van der Waals surface area contributed by atoms with Crippen LogP contribution in [0.15, 0.2) is 115 Å². The number of rotatable bonds is 3. The zero-order valence-electron chi connectivity index (χ0n) is 18.9. The van der Waals surface area contributed by atoms with Crippen LogP contribution in [0.5, 0.6) is 0 Å². The Balaban J connectivity index is 0.000000224. The first kappa shape index (κ1) is 30.4. The SMILES string of the molecule is O=S(=O)([O-])C(F)(F)F.[Au].c1ccc(P(c2ccccc2)c2ccccc2)cc1.c1ccc2[nH]nnc2c1. The molecule has 5 rings (SSSR count). The predicted molar refractivity (Wildman–Crippen MR) is 135 cm³/mol. The topological polar surface area (TPSA) is 98.8 Å². The Morgan fingerprint density at radius 3 is 1.38 bits per heavy atom. The Bertz CT molecular complexity index is 1330. The zero-order chi connectivity index (χ0) is 26.0. The minimum atomic E-state index is -6.09. The normalized spacial score (nSPS) is 10.9. The third kappa shape index (κ3) is 9.19. The summed E-state index contributed by atoms with van der Waals surface area (Å²) < 4.78 is 58.9. The average Bonchev–Trinajstić information content (AvgIpc) is 3.35. The van der Waals surface area contributed by atoms with Crippen molar-refractivity contribution in [3.63, 3.8) is 0 Å². The monoisotopic (exact) mass is 727 g/mol. The smallest absolute Gasteiger partial charge is 0.485 e. The first-order valence-electron chi connectivity index (χ1n) is 10.4. The Hall–Kier alpha value is -2.85. The fraction of sp³-hybridized carbons (Fsp3) is 0.0400. The number of para-hydroxylation sites is 1. The molecule has 197 valence electrons. The molecule has 1 radical (unpaired) electrons. The molecule has 0 saturated heterocycles. The van der Waals surface area contributed by atoms with Crippen molar-refractivity contribution in [3.05, 3.63) is 115 Å². The number of H-pyrrole nitrogens is 1. The van der Waals surface area contributed by atoms with Crippen LogP contribution in [0.1, 0.15) is 0 Å². The van der Waals surface area contributed by atoms with Gasteiger partial charge in [-0.3, -0.25) is 5.10 Å². The molecule has 12 heteroatoms. The van der Waals surface area contributed by atoms with E-state index >= 15 is 0 Å². The molecule has 0 amide bonds. The molecule has 0 atom stereocenters. The van der Waals surface area contributed by atoms with E-state index in [9.17, 15) is 13.2 Å². The predicted octanol–water partition coefficient (Wildman–Crippen LogP) is 4.45. The molecule has 0 spiro atoms. The second kappa shape index (κ2) is 14.2. The maximum absolute atomic E-state index is 10.7. The van der Waals surface area contributed by atoms with Gasteiger partial charge in [0.15, 0.2) is 10.1 Å². The largest absolute Gasteiger partial charge is 0.741 e. The standard InChI is InChI=1S/C18H15P.C6H5N3.CHF3O3S.Au/c1-4-10-16(11-5-1)19(17-12-6-2-7-13-17)18-14-8-3-9-15-18;1-2-4-6-5(3-1)7-9-8-6;2-1(3,4)8(5,6)7;/h1-15H;1-4H,(H,7,8,9);(H,5,6,7);/p-1. The molecule has 5 aromatic rings. The van der Waals surface area contributed by atoms with Gasteiger partial charge in [-0.25, -0.2) is 8.42 Å². The summed E-state index contributed by atoms with van der Waals surface area (Å²) in [6.45, 7) is 0. The van der Waals surface area contributed by atoms with Gasteiger partial charge in [0.05, 0.1) is 5.52 Å². The number of halogens is 3. The Morgan fingerprint density at radius 2 is 1.03 bits per heavy atom. The summed E-state index contributed by atoms with van der Waals surface area (Å²) in [5.41, 5.74) is -3.75. The third-order valence-corrected chi connectivity index (χ3v) is 7.57. The van der Waals surface area contributed by atoms with E-state index in [4.69, 9.17) is 13.0 Å². The second-order valence-electron chi connectivity index (χ2n) is 7.07. The molecule has 0 bridgehead atoms. The van der Waals surface area contributed by atoms with Crippen LogP contribution in [0.4, 0.5) is 13.2 Å². The number of hydrogen-bond acceptors (Lipinski definition) is 5. The molecule has 37 heavy (non-hydrogen) atoms. The number of nitrogens with zero attached hydrogens (tertiary/aromatic N) is 2. The van der Waals surface area contributed by atoms with Gasteiger partial charge in [-0.2, -0.15) is 13.2 Å². The van der Waals surface area contributed by atoms with Crippen LogP contribution in [0.25, 0.3) is 11.0 Å². The summed E-state index contributed by atoms with van der Waals surface area (Å²) in [5, 5.41) is 14.4. The quantitative estimate of drug-likeness (QED) is 0.128. The van der Waals surface area contributed by atoms with Crippen LogP contribution in [-0.4, -0.2) is 33.9 Å². The number of aromatic nitrogens is 3. The Morgan fingerprint density at radius 1 is 0.676 bits per heavy atom. The molecule has 6 nitrogen and oxygen atoms in total. The number of benzene rings is 4. The zero-order valence-corrected chi connectivity index (χ0v) is 22.8. The van der Waals surface area contributed by atoms with E-state index in [-0.39, 0.29) is 22.4 Å². The van der Waals surface area contributed by atoms with Gasteiger partial charge in [0, 0.05) is 22.4 Å². The van der Waals surface area contributed by atoms with Crippen LogP contribution in [0.2, 0.25) is 0 Å². The minimum Gasteiger partial charge on any atom is -0.741 e. The van der Waals surface area contributed by atoms with Crippen molar-refractivity contribution in [2.24, 2.45) is 0 Å². The molecule has 0 unspecified atom stereocenters. The van der Waals surface area contributed by atoms with Crippen LogP contribution >= 0.6 is 7.92 Å². The number of fused-ring (bicyclic) bond motifs is 1. The number of nitrogens with one attached hydrogen (secondary N) is 1. The van der Waals surface area contributed by atoms with Crippen molar-refractivity contribution >= 4 is 45.0 Å². The van der Waals surface area contributed by atoms with E-state index in [0.717, 1.165) is 11.0 Å². The van der Waals surface area contributed by atoms with Crippen molar-refractivity contribution in [1.82, 2.24) is 15.4 Å². The van der Waals surface area contributed by atoms with Crippen LogP contribution in [0.3, 0.4) is 0 Å². The van der Waals surface area contributed by atoms with E-state index in [1.807, 2.05) is 24.3 Å². The van der Waals surface area contributed by atoms with Crippen molar-refractivity contribution in [2.75, 3.05) is 0 Å². The molecule has 0 aliphatic rings. The summed E-state index contributed by atoms with van der Waals surface area (Å²) in [4.78, 5) is 0. The molecule has 0 aliphatic carbocycles. The second-order valence-corrected chi connectivity index (χ2v) is 10.7. The van der Waals surface area contributed by atoms with Crippen molar-refractivity contribution in [3.8, 4) is 0 Å². The molecule has 1 N–H and O–H groups in total. The molecule has 4 aromatic carbocycles. The van der Waals surface area contributed by atoms with Gasteiger partial charge in [0.1, 0.15) is 5.52 Å². The van der Waals surface area contributed by atoms with Crippen LogP contribution < -0.4 is 15.9 Å². The first-order chi connectivity index (χ1) is 17.2. The maximum atomic E-state index is 10.7. The fourth-order valence-electron chi connectivity index (χ4n) is 2.97. The van der Waals surface area contributed by atoms with Crippen LogP contribution in [-0.2, 0) is 32.5 Å². The van der Waals surface area contributed by atoms with Crippen molar-refractivity contribution < 1.29 is 48.5 Å². The van der Waals surface area contributed by atoms with Crippen molar-refractivity contribution in [2.45, 2.75) is 5.51 Å². The summed E-state index contributed by atoms with van der Waals surface area (Å²) >= 11 is 0. The summed E-state index contributed by atoms with van der Waals surface area (Å²) in [6, 6.07) is 40.1. The Kier molecular flexibility index (Phi) is 11.6. The molecule has 0 saturated carbocycles. The van der Waals surface area contributed by atoms with E-state index < -0.39 is 23.5 Å². The summed E-state index contributed by atoms with van der Waals surface area (Å²) in [7, 11) is -6.54. The molecule has 0 aliphatic heterocycles. The fourth-order valence-corrected chi connectivity index (χ4v) is 5.27. The van der Waals surface area contributed by atoms with Gasteiger partial charge in [0.25, 0.3) is 0 Å². The van der Waals surface area contributed by atoms with E-state index in [2.05, 4.69) is 106 Å². The van der Waals surface area contributed by atoms with Gasteiger partial charge in [-0.1, -0.05) is 108 Å². The summed E-state index contributed by atoms with van der Waals surface area (Å²) in [6.07, 6.45) is 0. The molecule has 1 heterocycles. The number of aromatic amines is 1. The van der Waals surface area contributed by atoms with E-state index in [1.54, 1.807) is 0 Å². The van der Waals surface area contributed by atoms with Gasteiger partial charge in [-0.05, 0) is 36.0 Å². The summed E-state index contributed by atoms with van der Waals surface area (Å²) in [5.74, 6) is 0. The van der Waals surface area contributed by atoms with E-state index in [1.165, 1.54) is 15.9 Å². The van der Waals surface area contributed by atoms with Crippen molar-refractivity contribution in [1.29, 1.82) is 0 Å². The first-order valence-corrected chi connectivity index (χ1v) is 13.1.